The molecule has 0 aliphatic carbocycles. The van der Waals surface area contributed by atoms with E-state index in [1.165, 1.54) is 12.1 Å². The van der Waals surface area contributed by atoms with Crippen LogP contribution in [0.1, 0.15) is 12.0 Å². The molecule has 6 heteroatoms. The molecule has 1 aliphatic heterocycles. The largest absolute Gasteiger partial charge is 0.454 e. The average molecular weight is 322 g/mol. The van der Waals surface area contributed by atoms with Crippen molar-refractivity contribution in [3.8, 4) is 11.5 Å². The number of hydrogen-bond donors (Lipinski definition) is 1. The fraction of sp³-hybridized carbons (Fsp3) is 0.188. The summed E-state index contributed by atoms with van der Waals surface area (Å²) < 4.78 is 24.2. The zero-order valence-corrected chi connectivity index (χ0v) is 12.3. The fourth-order valence-corrected chi connectivity index (χ4v) is 2.34. The van der Waals surface area contributed by atoms with Gasteiger partial charge < -0.3 is 14.8 Å². The highest BCUT2D eigenvalue weighted by molar-refractivity contribution is 6.31. The van der Waals surface area contributed by atoms with Gasteiger partial charge in [0.25, 0.3) is 0 Å². The van der Waals surface area contributed by atoms with E-state index < -0.39 is 5.82 Å². The molecule has 0 unspecified atom stereocenters. The van der Waals surface area contributed by atoms with Crippen molar-refractivity contribution >= 4 is 23.2 Å². The first kappa shape index (κ1) is 14.7. The minimum Gasteiger partial charge on any atom is -0.454 e. The van der Waals surface area contributed by atoms with E-state index in [4.69, 9.17) is 21.1 Å². The molecular weight excluding hydrogens is 309 g/mol. The molecule has 0 spiro atoms. The zero-order valence-electron chi connectivity index (χ0n) is 11.6. The van der Waals surface area contributed by atoms with Crippen LogP contribution < -0.4 is 14.8 Å². The summed E-state index contributed by atoms with van der Waals surface area (Å²) in [6, 6.07) is 10.0. The van der Waals surface area contributed by atoms with Gasteiger partial charge in [0, 0.05) is 6.42 Å². The molecule has 114 valence electrons. The van der Waals surface area contributed by atoms with Gasteiger partial charge in [-0.1, -0.05) is 23.7 Å². The fourth-order valence-electron chi connectivity index (χ4n) is 2.17. The van der Waals surface area contributed by atoms with Crippen LogP contribution in [0, 0.1) is 5.82 Å². The van der Waals surface area contributed by atoms with E-state index in [9.17, 15) is 9.18 Å². The van der Waals surface area contributed by atoms with Gasteiger partial charge in [-0.2, -0.15) is 0 Å². The number of benzene rings is 2. The van der Waals surface area contributed by atoms with E-state index >= 15 is 0 Å². The lowest BCUT2D eigenvalue weighted by atomic mass is 10.1. The third-order valence-corrected chi connectivity index (χ3v) is 3.60. The normalized spacial score (nSPS) is 12.3. The highest BCUT2D eigenvalue weighted by Gasteiger charge is 2.14. The van der Waals surface area contributed by atoms with Gasteiger partial charge in [0.05, 0.1) is 10.7 Å². The van der Waals surface area contributed by atoms with Gasteiger partial charge in [0.2, 0.25) is 12.7 Å². The smallest absolute Gasteiger partial charge is 0.231 e. The Morgan fingerprint density at radius 2 is 2.05 bits per heavy atom. The van der Waals surface area contributed by atoms with Gasteiger partial charge in [-0.05, 0) is 36.2 Å². The topological polar surface area (TPSA) is 47.6 Å². The maximum atomic E-state index is 13.7. The number of rotatable bonds is 4. The van der Waals surface area contributed by atoms with Gasteiger partial charge in [0.15, 0.2) is 17.3 Å². The minimum atomic E-state index is -0.624. The molecule has 1 heterocycles. The molecular formula is C16H13ClFNO3. The molecule has 2 aromatic rings. The second kappa shape index (κ2) is 6.23. The van der Waals surface area contributed by atoms with Crippen LogP contribution in [0.2, 0.25) is 5.02 Å². The molecule has 4 nitrogen and oxygen atoms in total. The Morgan fingerprint density at radius 1 is 1.23 bits per heavy atom. The molecule has 0 fully saturated rings. The molecule has 1 amide bonds. The molecule has 2 aromatic carbocycles. The van der Waals surface area contributed by atoms with Crippen molar-refractivity contribution in [1.82, 2.24) is 0 Å². The van der Waals surface area contributed by atoms with Crippen molar-refractivity contribution in [2.75, 3.05) is 12.1 Å². The van der Waals surface area contributed by atoms with E-state index in [-0.39, 0.29) is 29.8 Å². The summed E-state index contributed by atoms with van der Waals surface area (Å²) in [7, 11) is 0. The summed E-state index contributed by atoms with van der Waals surface area (Å²) in [5.41, 5.74) is 1.04. The third kappa shape index (κ3) is 3.14. The Balaban J connectivity index is 1.59. The Hall–Kier alpha value is -2.27. The second-order valence-corrected chi connectivity index (χ2v) is 5.24. The van der Waals surface area contributed by atoms with Gasteiger partial charge in [0.1, 0.15) is 0 Å². The Morgan fingerprint density at radius 3 is 2.91 bits per heavy atom. The molecule has 0 radical (unpaired) electrons. The minimum absolute atomic E-state index is 0.0198. The maximum absolute atomic E-state index is 13.7. The second-order valence-electron chi connectivity index (χ2n) is 4.84. The van der Waals surface area contributed by atoms with E-state index in [0.29, 0.717) is 17.9 Å². The molecule has 0 aromatic heterocycles. The molecule has 3 rings (SSSR count). The van der Waals surface area contributed by atoms with Crippen LogP contribution in [-0.2, 0) is 11.2 Å². The summed E-state index contributed by atoms with van der Waals surface area (Å²) in [4.78, 5) is 11.9. The van der Waals surface area contributed by atoms with Gasteiger partial charge in [-0.25, -0.2) is 4.39 Å². The Labute approximate surface area is 131 Å². The van der Waals surface area contributed by atoms with Gasteiger partial charge >= 0.3 is 0 Å². The summed E-state index contributed by atoms with van der Waals surface area (Å²) >= 11 is 5.67. The molecule has 0 atom stereocenters. The summed E-state index contributed by atoms with van der Waals surface area (Å²) in [5, 5.41) is 2.50. The van der Waals surface area contributed by atoms with Gasteiger partial charge in [-0.15, -0.1) is 0 Å². The maximum Gasteiger partial charge on any atom is 0.231 e. The first-order valence-corrected chi connectivity index (χ1v) is 7.13. The van der Waals surface area contributed by atoms with Crippen molar-refractivity contribution in [3.63, 3.8) is 0 Å². The van der Waals surface area contributed by atoms with Crippen LogP contribution in [0.4, 0.5) is 10.1 Å². The highest BCUT2D eigenvalue weighted by atomic mass is 35.5. The van der Waals surface area contributed by atoms with Crippen LogP contribution in [0.25, 0.3) is 0 Å². The number of amides is 1. The number of halogens is 2. The number of hydrogen-bond acceptors (Lipinski definition) is 3. The number of nitrogens with one attached hydrogen (secondary N) is 1. The molecule has 1 N–H and O–H groups in total. The molecule has 22 heavy (non-hydrogen) atoms. The number of carbonyl (C=O) groups excluding carboxylic acids is 1. The predicted molar refractivity (Wildman–Crippen MR) is 80.9 cm³/mol. The molecule has 0 bridgehead atoms. The van der Waals surface area contributed by atoms with E-state index in [1.54, 1.807) is 6.07 Å². The lowest BCUT2D eigenvalue weighted by molar-refractivity contribution is -0.116. The molecule has 0 saturated carbocycles. The van der Waals surface area contributed by atoms with E-state index in [2.05, 4.69) is 5.32 Å². The number of ether oxygens (including phenoxy) is 2. The van der Waals surface area contributed by atoms with Gasteiger partial charge in [-0.3, -0.25) is 4.79 Å². The number of anilines is 1. The standard InChI is InChI=1S/C16H13ClFNO3/c17-11-2-1-3-12(16(11)18)19-15(20)7-5-10-4-6-13-14(8-10)22-9-21-13/h1-4,6,8H,5,7,9H2,(H,19,20). The molecule has 1 aliphatic rings. The van der Waals surface area contributed by atoms with Crippen LogP contribution >= 0.6 is 11.6 Å². The number of aryl methyl sites for hydroxylation is 1. The van der Waals surface area contributed by atoms with Crippen molar-refractivity contribution in [2.45, 2.75) is 12.8 Å². The molecule has 0 saturated heterocycles. The van der Waals surface area contributed by atoms with E-state index in [1.807, 2.05) is 18.2 Å². The van der Waals surface area contributed by atoms with Crippen LogP contribution in [0.15, 0.2) is 36.4 Å². The quantitative estimate of drug-likeness (QED) is 0.932. The monoisotopic (exact) mass is 321 g/mol. The number of carbonyl (C=O) groups is 1. The Bertz CT molecular complexity index is 721. The lowest BCUT2D eigenvalue weighted by Crippen LogP contribution is -2.13. The SMILES string of the molecule is O=C(CCc1ccc2c(c1)OCO2)Nc1cccc(Cl)c1F. The van der Waals surface area contributed by atoms with E-state index in [0.717, 1.165) is 5.56 Å². The summed E-state index contributed by atoms with van der Waals surface area (Å²) in [6.07, 6.45) is 0.746. The first-order valence-electron chi connectivity index (χ1n) is 6.76. The van der Waals surface area contributed by atoms with Crippen LogP contribution in [0.5, 0.6) is 11.5 Å². The zero-order chi connectivity index (χ0) is 15.5. The number of fused-ring (bicyclic) bond motifs is 1. The van der Waals surface area contributed by atoms with Crippen molar-refractivity contribution in [2.24, 2.45) is 0 Å². The van der Waals surface area contributed by atoms with Crippen LogP contribution in [-0.4, -0.2) is 12.7 Å². The van der Waals surface area contributed by atoms with Crippen molar-refractivity contribution in [1.29, 1.82) is 0 Å². The highest BCUT2D eigenvalue weighted by Crippen LogP contribution is 2.32. The lowest BCUT2D eigenvalue weighted by Gasteiger charge is -2.07. The summed E-state index contributed by atoms with van der Waals surface area (Å²) in [6.45, 7) is 0.216. The van der Waals surface area contributed by atoms with Crippen molar-refractivity contribution in [3.05, 3.63) is 52.8 Å². The average Bonchev–Trinajstić information content (AvgIpc) is 2.97. The van der Waals surface area contributed by atoms with Crippen molar-refractivity contribution < 1.29 is 18.7 Å². The summed E-state index contributed by atoms with van der Waals surface area (Å²) in [5.74, 6) is 0.479. The third-order valence-electron chi connectivity index (χ3n) is 3.30. The Kier molecular flexibility index (Phi) is 4.15. The van der Waals surface area contributed by atoms with Crippen LogP contribution in [0.3, 0.4) is 0 Å². The predicted octanol–water partition coefficient (Wildman–Crippen LogP) is 3.78. The first-order chi connectivity index (χ1) is 10.6.